The standard InChI is InChI=1S/C7H7NO2S/c9-7-8-3-6(10-7)5-1-2-11-4-5/h1-2,4,6H,3H2,(H,8,9). The number of thiophene rings is 1. The molecule has 1 atom stereocenters. The molecule has 0 aromatic carbocycles. The zero-order valence-corrected chi connectivity index (χ0v) is 6.56. The van der Waals surface area contributed by atoms with Crippen molar-refractivity contribution in [2.75, 3.05) is 6.54 Å². The first-order chi connectivity index (χ1) is 5.36. The summed E-state index contributed by atoms with van der Waals surface area (Å²) in [6, 6.07) is 1.97. The smallest absolute Gasteiger partial charge is 0.407 e. The lowest BCUT2D eigenvalue weighted by atomic mass is 10.2. The van der Waals surface area contributed by atoms with Crippen molar-refractivity contribution in [1.29, 1.82) is 0 Å². The van der Waals surface area contributed by atoms with E-state index in [4.69, 9.17) is 4.74 Å². The third kappa shape index (κ3) is 1.21. The molecular formula is C7H7NO2S. The molecule has 4 heteroatoms. The molecule has 1 aliphatic rings. The van der Waals surface area contributed by atoms with E-state index in [9.17, 15) is 4.79 Å². The fourth-order valence-electron chi connectivity index (χ4n) is 1.03. The van der Waals surface area contributed by atoms with Crippen LogP contribution in [0.5, 0.6) is 0 Å². The van der Waals surface area contributed by atoms with E-state index < -0.39 is 0 Å². The van der Waals surface area contributed by atoms with Gasteiger partial charge < -0.3 is 10.1 Å². The predicted octanol–water partition coefficient (Wildman–Crippen LogP) is 1.53. The van der Waals surface area contributed by atoms with Crippen molar-refractivity contribution in [2.45, 2.75) is 6.10 Å². The Morgan fingerprint density at radius 1 is 1.73 bits per heavy atom. The quantitative estimate of drug-likeness (QED) is 0.692. The predicted molar refractivity (Wildman–Crippen MR) is 41.5 cm³/mol. The summed E-state index contributed by atoms with van der Waals surface area (Å²) in [5.41, 5.74) is 1.08. The molecule has 0 aliphatic carbocycles. The van der Waals surface area contributed by atoms with Crippen LogP contribution in [0.4, 0.5) is 4.79 Å². The van der Waals surface area contributed by atoms with Crippen LogP contribution < -0.4 is 5.32 Å². The summed E-state index contributed by atoms with van der Waals surface area (Å²) >= 11 is 1.61. The average molecular weight is 169 g/mol. The number of amides is 1. The maximum absolute atomic E-state index is 10.6. The van der Waals surface area contributed by atoms with Crippen LogP contribution in [0.25, 0.3) is 0 Å². The molecule has 1 unspecified atom stereocenters. The van der Waals surface area contributed by atoms with Crippen LogP contribution in [0.2, 0.25) is 0 Å². The minimum atomic E-state index is -0.318. The Balaban J connectivity index is 2.13. The Bertz CT molecular complexity index is 257. The second kappa shape index (κ2) is 2.54. The van der Waals surface area contributed by atoms with Gasteiger partial charge in [-0.25, -0.2) is 4.79 Å². The first-order valence-corrected chi connectivity index (χ1v) is 4.27. The van der Waals surface area contributed by atoms with Crippen molar-refractivity contribution < 1.29 is 9.53 Å². The zero-order valence-electron chi connectivity index (χ0n) is 5.74. The van der Waals surface area contributed by atoms with Crippen molar-refractivity contribution in [3.05, 3.63) is 22.4 Å². The van der Waals surface area contributed by atoms with Crippen molar-refractivity contribution in [1.82, 2.24) is 5.32 Å². The lowest BCUT2D eigenvalue weighted by Gasteiger charge is -2.02. The maximum atomic E-state index is 10.6. The number of carbonyl (C=O) groups excluding carboxylic acids is 1. The SMILES string of the molecule is O=C1NCC(c2ccsc2)O1. The van der Waals surface area contributed by atoms with Gasteiger partial charge in [0, 0.05) is 5.56 Å². The third-order valence-electron chi connectivity index (χ3n) is 1.60. The summed E-state index contributed by atoms with van der Waals surface area (Å²) < 4.78 is 4.96. The molecule has 2 heterocycles. The summed E-state index contributed by atoms with van der Waals surface area (Å²) in [5.74, 6) is 0. The van der Waals surface area contributed by atoms with E-state index in [1.54, 1.807) is 11.3 Å². The van der Waals surface area contributed by atoms with Crippen LogP contribution in [0.1, 0.15) is 11.7 Å². The number of alkyl carbamates (subject to hydrolysis) is 1. The van der Waals surface area contributed by atoms with Crippen molar-refractivity contribution in [3.8, 4) is 0 Å². The summed E-state index contributed by atoms with van der Waals surface area (Å²) in [5, 5.41) is 6.57. The summed E-state index contributed by atoms with van der Waals surface area (Å²) in [6.45, 7) is 0.593. The maximum Gasteiger partial charge on any atom is 0.407 e. The highest BCUT2D eigenvalue weighted by molar-refractivity contribution is 7.07. The van der Waals surface area contributed by atoms with Gasteiger partial charge in [-0.15, -0.1) is 0 Å². The van der Waals surface area contributed by atoms with Gasteiger partial charge in [-0.3, -0.25) is 0 Å². The molecule has 11 heavy (non-hydrogen) atoms. The Morgan fingerprint density at radius 3 is 3.18 bits per heavy atom. The molecule has 3 nitrogen and oxygen atoms in total. The molecule has 0 bridgehead atoms. The molecule has 2 rings (SSSR count). The number of hydrogen-bond donors (Lipinski definition) is 1. The van der Waals surface area contributed by atoms with E-state index in [2.05, 4.69) is 5.32 Å². The Labute approximate surface area is 68.0 Å². The molecule has 0 spiro atoms. The minimum Gasteiger partial charge on any atom is -0.439 e. The molecule has 0 saturated carbocycles. The van der Waals surface area contributed by atoms with Crippen LogP contribution >= 0.6 is 11.3 Å². The normalized spacial score (nSPS) is 22.9. The van der Waals surface area contributed by atoms with E-state index in [0.717, 1.165) is 5.56 Å². The summed E-state index contributed by atoms with van der Waals surface area (Å²) in [4.78, 5) is 10.6. The fraction of sp³-hybridized carbons (Fsp3) is 0.286. The van der Waals surface area contributed by atoms with Gasteiger partial charge in [0.25, 0.3) is 0 Å². The summed E-state index contributed by atoms with van der Waals surface area (Å²) in [6.07, 6.45) is -0.394. The van der Waals surface area contributed by atoms with Gasteiger partial charge in [0.15, 0.2) is 0 Å². The van der Waals surface area contributed by atoms with E-state index in [-0.39, 0.29) is 12.2 Å². The van der Waals surface area contributed by atoms with Crippen LogP contribution in [-0.2, 0) is 4.74 Å². The number of cyclic esters (lactones) is 1. The first kappa shape index (κ1) is 6.67. The second-order valence-corrected chi connectivity index (χ2v) is 3.11. The van der Waals surface area contributed by atoms with Crippen LogP contribution in [-0.4, -0.2) is 12.6 Å². The molecule has 1 amide bonds. The topological polar surface area (TPSA) is 38.3 Å². The van der Waals surface area contributed by atoms with E-state index >= 15 is 0 Å². The number of rotatable bonds is 1. The average Bonchev–Trinajstić information content (AvgIpc) is 2.55. The summed E-state index contributed by atoms with van der Waals surface area (Å²) in [7, 11) is 0. The highest BCUT2D eigenvalue weighted by Gasteiger charge is 2.23. The number of carbonyl (C=O) groups is 1. The molecule has 1 fully saturated rings. The Morgan fingerprint density at radius 2 is 2.64 bits per heavy atom. The fourth-order valence-corrected chi connectivity index (χ4v) is 1.73. The second-order valence-electron chi connectivity index (χ2n) is 2.33. The number of nitrogens with one attached hydrogen (secondary N) is 1. The van der Waals surface area contributed by atoms with Gasteiger partial charge in [-0.1, -0.05) is 0 Å². The largest absolute Gasteiger partial charge is 0.439 e. The number of hydrogen-bond acceptors (Lipinski definition) is 3. The van der Waals surface area contributed by atoms with Gasteiger partial charge >= 0.3 is 6.09 Å². The van der Waals surface area contributed by atoms with Gasteiger partial charge in [-0.05, 0) is 16.8 Å². The zero-order chi connectivity index (χ0) is 7.68. The Kier molecular flexibility index (Phi) is 1.54. The lowest BCUT2D eigenvalue weighted by Crippen LogP contribution is -2.12. The van der Waals surface area contributed by atoms with Gasteiger partial charge in [-0.2, -0.15) is 11.3 Å². The van der Waals surface area contributed by atoms with Crippen LogP contribution in [0.3, 0.4) is 0 Å². The highest BCUT2D eigenvalue weighted by atomic mass is 32.1. The molecule has 1 aromatic rings. The Hall–Kier alpha value is -1.03. The number of ether oxygens (including phenoxy) is 1. The highest BCUT2D eigenvalue weighted by Crippen LogP contribution is 2.22. The van der Waals surface area contributed by atoms with Crippen molar-refractivity contribution in [3.63, 3.8) is 0 Å². The molecule has 0 radical (unpaired) electrons. The first-order valence-electron chi connectivity index (χ1n) is 3.33. The van der Waals surface area contributed by atoms with E-state index in [1.165, 1.54) is 0 Å². The molecule has 1 aliphatic heterocycles. The molecule has 1 saturated heterocycles. The van der Waals surface area contributed by atoms with Crippen molar-refractivity contribution in [2.24, 2.45) is 0 Å². The van der Waals surface area contributed by atoms with Crippen LogP contribution in [0.15, 0.2) is 16.8 Å². The van der Waals surface area contributed by atoms with Gasteiger partial charge in [0.05, 0.1) is 6.54 Å². The van der Waals surface area contributed by atoms with Gasteiger partial charge in [0.1, 0.15) is 6.10 Å². The minimum absolute atomic E-state index is 0.0752. The molecule has 58 valence electrons. The molecule has 1 aromatic heterocycles. The molecule has 1 N–H and O–H groups in total. The van der Waals surface area contributed by atoms with Gasteiger partial charge in [0.2, 0.25) is 0 Å². The lowest BCUT2D eigenvalue weighted by molar-refractivity contribution is 0.141. The monoisotopic (exact) mass is 169 g/mol. The molecular weight excluding hydrogens is 162 g/mol. The van der Waals surface area contributed by atoms with Crippen molar-refractivity contribution >= 4 is 17.4 Å². The third-order valence-corrected chi connectivity index (χ3v) is 2.30. The van der Waals surface area contributed by atoms with E-state index in [0.29, 0.717) is 6.54 Å². The van der Waals surface area contributed by atoms with E-state index in [1.807, 2.05) is 16.8 Å². The van der Waals surface area contributed by atoms with Crippen LogP contribution in [0, 0.1) is 0 Å².